The first-order valence-corrected chi connectivity index (χ1v) is 12.2. The van der Waals surface area contributed by atoms with E-state index in [9.17, 15) is 4.79 Å². The molecule has 6 nitrogen and oxygen atoms in total. The quantitative estimate of drug-likeness (QED) is 0.531. The van der Waals surface area contributed by atoms with Crippen LogP contribution in [-0.4, -0.2) is 60.0 Å². The molecule has 0 aliphatic carbocycles. The smallest absolute Gasteiger partial charge is 0.225 e. The average molecular weight is 438 g/mol. The van der Waals surface area contributed by atoms with Gasteiger partial charge in [-0.1, -0.05) is 43.7 Å². The van der Waals surface area contributed by atoms with E-state index in [0.717, 1.165) is 63.1 Å². The number of aryl methyl sites for hydroxylation is 1. The zero-order valence-corrected chi connectivity index (χ0v) is 20.0. The molecule has 1 aromatic heterocycles. The fraction of sp³-hybridized carbons (Fsp3) is 0.577. The van der Waals surface area contributed by atoms with E-state index < -0.39 is 0 Å². The number of hydrogen-bond acceptors (Lipinski definition) is 5. The second-order valence-corrected chi connectivity index (χ2v) is 8.91. The Morgan fingerprint density at radius 3 is 2.41 bits per heavy atom. The molecule has 0 unspecified atom stereocenters. The van der Waals surface area contributed by atoms with Crippen molar-refractivity contribution in [1.29, 1.82) is 0 Å². The third kappa shape index (κ3) is 7.02. The van der Waals surface area contributed by atoms with Crippen molar-refractivity contribution in [3.05, 3.63) is 42.2 Å². The Morgan fingerprint density at radius 1 is 1.06 bits per heavy atom. The minimum Gasteiger partial charge on any atom is -0.356 e. The van der Waals surface area contributed by atoms with Crippen molar-refractivity contribution in [2.45, 2.75) is 52.9 Å². The van der Waals surface area contributed by atoms with E-state index in [0.29, 0.717) is 12.5 Å². The fourth-order valence-electron chi connectivity index (χ4n) is 4.38. The van der Waals surface area contributed by atoms with Gasteiger partial charge in [-0.2, -0.15) is 0 Å². The van der Waals surface area contributed by atoms with Crippen LogP contribution in [0.15, 0.2) is 36.7 Å². The van der Waals surface area contributed by atoms with Crippen molar-refractivity contribution in [3.63, 3.8) is 0 Å². The van der Waals surface area contributed by atoms with Gasteiger partial charge in [-0.05, 0) is 64.2 Å². The fourth-order valence-corrected chi connectivity index (χ4v) is 4.38. The molecular formula is C26H39N5O. The van der Waals surface area contributed by atoms with Crippen LogP contribution in [0.3, 0.4) is 0 Å². The summed E-state index contributed by atoms with van der Waals surface area (Å²) < 4.78 is 0. The number of carbonyl (C=O) groups excluding carboxylic acids is 1. The van der Waals surface area contributed by atoms with Crippen molar-refractivity contribution in [2.75, 3.05) is 44.2 Å². The molecule has 1 aliphatic rings. The van der Waals surface area contributed by atoms with E-state index in [2.05, 4.69) is 70.1 Å². The van der Waals surface area contributed by atoms with E-state index in [1.54, 1.807) is 0 Å². The Kier molecular flexibility index (Phi) is 9.47. The van der Waals surface area contributed by atoms with Crippen LogP contribution in [0, 0.1) is 12.8 Å². The molecule has 174 valence electrons. The highest BCUT2D eigenvalue weighted by atomic mass is 16.1. The number of nitrogens with zero attached hydrogens (tertiary/aromatic N) is 4. The monoisotopic (exact) mass is 437 g/mol. The molecule has 0 radical (unpaired) electrons. The third-order valence-electron chi connectivity index (χ3n) is 6.13. The predicted molar refractivity (Wildman–Crippen MR) is 132 cm³/mol. The molecule has 1 saturated heterocycles. The van der Waals surface area contributed by atoms with Gasteiger partial charge in [0.05, 0.1) is 5.92 Å². The van der Waals surface area contributed by atoms with Crippen LogP contribution in [-0.2, 0) is 4.79 Å². The lowest BCUT2D eigenvalue weighted by atomic mass is 9.97. The van der Waals surface area contributed by atoms with E-state index in [-0.39, 0.29) is 11.8 Å². The summed E-state index contributed by atoms with van der Waals surface area (Å²) in [5, 5.41) is 3.17. The molecule has 1 amide bonds. The molecule has 0 bridgehead atoms. The highest BCUT2D eigenvalue weighted by Crippen LogP contribution is 2.23. The van der Waals surface area contributed by atoms with Gasteiger partial charge in [0.2, 0.25) is 11.9 Å². The molecule has 2 aromatic rings. The standard InChI is InChI=1S/C26H39N5O/c1-4-14-30(15-5-2)16-7-13-27-25(32)23-8-6-17-31(20-23)26-28-18-24(19-29-26)22-11-9-21(3)10-12-22/h9-12,18-19,23H,4-8,13-17,20H2,1-3H3,(H,27,32)/t23-/m1/s1. The van der Waals surface area contributed by atoms with Crippen LogP contribution in [0.5, 0.6) is 0 Å². The number of anilines is 1. The lowest BCUT2D eigenvalue weighted by Crippen LogP contribution is -2.44. The lowest BCUT2D eigenvalue weighted by Gasteiger charge is -2.32. The number of carbonyl (C=O) groups is 1. The van der Waals surface area contributed by atoms with Crippen LogP contribution >= 0.6 is 0 Å². The van der Waals surface area contributed by atoms with Gasteiger partial charge in [0.15, 0.2) is 0 Å². The predicted octanol–water partition coefficient (Wildman–Crippen LogP) is 4.30. The van der Waals surface area contributed by atoms with Crippen LogP contribution in [0.1, 0.15) is 51.5 Å². The summed E-state index contributed by atoms with van der Waals surface area (Å²) in [5.74, 6) is 0.892. The van der Waals surface area contributed by atoms with Crippen LogP contribution in [0.25, 0.3) is 11.1 Å². The summed E-state index contributed by atoms with van der Waals surface area (Å²) in [4.78, 5) is 26.6. The molecule has 32 heavy (non-hydrogen) atoms. The number of rotatable bonds is 11. The van der Waals surface area contributed by atoms with Crippen molar-refractivity contribution in [1.82, 2.24) is 20.2 Å². The molecule has 2 heterocycles. The first-order chi connectivity index (χ1) is 15.6. The Hall–Kier alpha value is -2.47. The van der Waals surface area contributed by atoms with Crippen LogP contribution in [0.4, 0.5) is 5.95 Å². The van der Waals surface area contributed by atoms with Crippen molar-refractivity contribution in [3.8, 4) is 11.1 Å². The highest BCUT2D eigenvalue weighted by Gasteiger charge is 2.27. The first kappa shape index (κ1) is 24.2. The van der Waals surface area contributed by atoms with Gasteiger partial charge < -0.3 is 15.1 Å². The van der Waals surface area contributed by atoms with Gasteiger partial charge in [0.25, 0.3) is 0 Å². The van der Waals surface area contributed by atoms with Gasteiger partial charge in [0.1, 0.15) is 0 Å². The molecule has 1 atom stereocenters. The summed E-state index contributed by atoms with van der Waals surface area (Å²) in [5.41, 5.74) is 3.37. The Morgan fingerprint density at radius 2 is 1.75 bits per heavy atom. The summed E-state index contributed by atoms with van der Waals surface area (Å²) in [6.45, 7) is 12.2. The SMILES string of the molecule is CCCN(CCC)CCCNC(=O)[C@@H]1CCCN(c2ncc(-c3ccc(C)cc3)cn2)C1. The minimum atomic E-state index is 0.00603. The van der Waals surface area contributed by atoms with Gasteiger partial charge in [-0.3, -0.25) is 4.79 Å². The zero-order valence-electron chi connectivity index (χ0n) is 20.0. The van der Waals surface area contributed by atoms with Gasteiger partial charge in [0, 0.05) is 37.6 Å². The summed E-state index contributed by atoms with van der Waals surface area (Å²) >= 11 is 0. The molecule has 1 fully saturated rings. The number of hydrogen-bond donors (Lipinski definition) is 1. The molecule has 1 N–H and O–H groups in total. The summed E-state index contributed by atoms with van der Waals surface area (Å²) in [6.07, 6.45) is 9.05. The summed E-state index contributed by atoms with van der Waals surface area (Å²) in [6, 6.07) is 8.39. The molecule has 1 aromatic carbocycles. The largest absolute Gasteiger partial charge is 0.356 e. The Bertz CT molecular complexity index is 815. The maximum absolute atomic E-state index is 12.7. The average Bonchev–Trinajstić information content (AvgIpc) is 2.82. The minimum absolute atomic E-state index is 0.00603. The van der Waals surface area contributed by atoms with Crippen molar-refractivity contribution >= 4 is 11.9 Å². The second kappa shape index (κ2) is 12.5. The van der Waals surface area contributed by atoms with E-state index in [4.69, 9.17) is 0 Å². The first-order valence-electron chi connectivity index (χ1n) is 12.2. The molecular weight excluding hydrogens is 398 g/mol. The van der Waals surface area contributed by atoms with E-state index in [1.807, 2.05) is 12.4 Å². The highest BCUT2D eigenvalue weighted by molar-refractivity contribution is 5.79. The number of amides is 1. The van der Waals surface area contributed by atoms with Gasteiger partial charge in [-0.25, -0.2) is 9.97 Å². The third-order valence-corrected chi connectivity index (χ3v) is 6.13. The van der Waals surface area contributed by atoms with Gasteiger partial charge >= 0.3 is 0 Å². The maximum Gasteiger partial charge on any atom is 0.225 e. The molecule has 0 spiro atoms. The molecule has 0 saturated carbocycles. The Balaban J connectivity index is 1.48. The second-order valence-electron chi connectivity index (χ2n) is 8.91. The van der Waals surface area contributed by atoms with Crippen molar-refractivity contribution in [2.24, 2.45) is 5.92 Å². The maximum atomic E-state index is 12.7. The lowest BCUT2D eigenvalue weighted by molar-refractivity contribution is -0.125. The van der Waals surface area contributed by atoms with Crippen LogP contribution < -0.4 is 10.2 Å². The van der Waals surface area contributed by atoms with Crippen molar-refractivity contribution < 1.29 is 4.79 Å². The van der Waals surface area contributed by atoms with E-state index >= 15 is 0 Å². The molecule has 6 heteroatoms. The van der Waals surface area contributed by atoms with Crippen LogP contribution in [0.2, 0.25) is 0 Å². The summed E-state index contributed by atoms with van der Waals surface area (Å²) in [7, 11) is 0. The zero-order chi connectivity index (χ0) is 22.8. The number of nitrogens with one attached hydrogen (secondary N) is 1. The molecule has 1 aliphatic heterocycles. The number of aromatic nitrogens is 2. The van der Waals surface area contributed by atoms with Gasteiger partial charge in [-0.15, -0.1) is 0 Å². The topological polar surface area (TPSA) is 61.4 Å². The Labute approximate surface area is 193 Å². The molecule has 3 rings (SSSR count). The number of benzene rings is 1. The van der Waals surface area contributed by atoms with E-state index in [1.165, 1.54) is 18.4 Å². The number of piperidine rings is 1. The normalized spacial score (nSPS) is 16.4.